The minimum atomic E-state index is -0.00366. The molecule has 0 aliphatic heterocycles. The maximum atomic E-state index is 12.7. The Morgan fingerprint density at radius 3 is 2.79 bits per heavy atom. The van der Waals surface area contributed by atoms with Crippen LogP contribution in [0, 0.1) is 0 Å². The molecule has 5 nitrogen and oxygen atoms in total. The standard InChI is InChI=1S/C19H26N4O/c1-13(2)23-12-14-9-10-15(11-17(14)21-23)20-19(24)16-7-5-6-8-18(16)22(3)4/h5-8,12-13,15H,9-11H2,1-4H3,(H,20,24)/t15-/m0/s1. The van der Waals surface area contributed by atoms with Crippen molar-refractivity contribution in [3.8, 4) is 0 Å². The molecule has 1 aliphatic rings. The van der Waals surface area contributed by atoms with E-state index in [1.54, 1.807) is 0 Å². The number of nitrogens with zero attached hydrogens (tertiary/aromatic N) is 3. The molecule has 0 unspecified atom stereocenters. The van der Waals surface area contributed by atoms with Crippen molar-refractivity contribution in [1.29, 1.82) is 0 Å². The quantitative estimate of drug-likeness (QED) is 0.940. The summed E-state index contributed by atoms with van der Waals surface area (Å²) in [5, 5.41) is 7.88. The number of para-hydroxylation sites is 1. The van der Waals surface area contributed by atoms with E-state index < -0.39 is 0 Å². The van der Waals surface area contributed by atoms with Crippen molar-refractivity contribution < 1.29 is 4.79 Å². The zero-order chi connectivity index (χ0) is 17.3. The van der Waals surface area contributed by atoms with Gasteiger partial charge in [-0.1, -0.05) is 12.1 Å². The van der Waals surface area contributed by atoms with Gasteiger partial charge in [0, 0.05) is 44.5 Å². The molecule has 5 heteroatoms. The van der Waals surface area contributed by atoms with Gasteiger partial charge in [0.2, 0.25) is 0 Å². The summed E-state index contributed by atoms with van der Waals surface area (Å²) in [5.74, 6) is -0.00366. The molecule has 0 fully saturated rings. The number of aryl methyl sites for hydroxylation is 1. The van der Waals surface area contributed by atoms with Gasteiger partial charge in [-0.15, -0.1) is 0 Å². The number of hydrogen-bond acceptors (Lipinski definition) is 3. The number of anilines is 1. The number of carbonyl (C=O) groups is 1. The highest BCUT2D eigenvalue weighted by Gasteiger charge is 2.24. The normalized spacial score (nSPS) is 16.8. The number of amides is 1. The second-order valence-corrected chi connectivity index (χ2v) is 7.00. The number of carbonyl (C=O) groups excluding carboxylic acids is 1. The van der Waals surface area contributed by atoms with E-state index in [1.807, 2.05) is 47.9 Å². The molecule has 1 atom stereocenters. The number of benzene rings is 1. The molecule has 0 saturated carbocycles. The van der Waals surface area contributed by atoms with Gasteiger partial charge < -0.3 is 10.2 Å². The Kier molecular flexibility index (Phi) is 4.60. The largest absolute Gasteiger partial charge is 0.377 e. The van der Waals surface area contributed by atoms with Crippen molar-refractivity contribution in [2.75, 3.05) is 19.0 Å². The van der Waals surface area contributed by atoms with Crippen LogP contribution in [0.1, 0.15) is 47.9 Å². The Balaban J connectivity index is 1.72. The summed E-state index contributed by atoms with van der Waals surface area (Å²) in [5.41, 5.74) is 4.11. The predicted octanol–water partition coefficient (Wildman–Crippen LogP) is 2.82. The summed E-state index contributed by atoms with van der Waals surface area (Å²) in [6.07, 6.45) is 4.90. The molecule has 2 aromatic rings. The Bertz CT molecular complexity index is 733. The molecule has 0 saturated heterocycles. The summed E-state index contributed by atoms with van der Waals surface area (Å²) < 4.78 is 2.02. The molecule has 0 spiro atoms. The first-order chi connectivity index (χ1) is 11.5. The summed E-state index contributed by atoms with van der Waals surface area (Å²) in [6.45, 7) is 4.27. The van der Waals surface area contributed by atoms with Crippen LogP contribution >= 0.6 is 0 Å². The van der Waals surface area contributed by atoms with E-state index in [1.165, 1.54) is 5.56 Å². The van der Waals surface area contributed by atoms with E-state index in [2.05, 4.69) is 30.5 Å². The van der Waals surface area contributed by atoms with Crippen molar-refractivity contribution in [3.63, 3.8) is 0 Å². The van der Waals surface area contributed by atoms with Crippen LogP contribution in [0.5, 0.6) is 0 Å². The molecule has 1 aliphatic carbocycles. The third-order valence-corrected chi connectivity index (χ3v) is 4.59. The lowest BCUT2D eigenvalue weighted by molar-refractivity contribution is 0.0934. The second-order valence-electron chi connectivity index (χ2n) is 7.00. The van der Waals surface area contributed by atoms with Gasteiger partial charge in [-0.05, 0) is 44.4 Å². The van der Waals surface area contributed by atoms with Crippen LogP contribution in [0.4, 0.5) is 5.69 Å². The fourth-order valence-electron chi connectivity index (χ4n) is 3.22. The van der Waals surface area contributed by atoms with E-state index in [4.69, 9.17) is 0 Å². The molecule has 1 aromatic carbocycles. The summed E-state index contributed by atoms with van der Waals surface area (Å²) in [6, 6.07) is 8.24. The van der Waals surface area contributed by atoms with Crippen molar-refractivity contribution in [1.82, 2.24) is 15.1 Å². The zero-order valence-electron chi connectivity index (χ0n) is 14.9. The Morgan fingerprint density at radius 2 is 2.08 bits per heavy atom. The first kappa shape index (κ1) is 16.6. The minimum absolute atomic E-state index is 0.00366. The summed E-state index contributed by atoms with van der Waals surface area (Å²) in [4.78, 5) is 14.7. The fraction of sp³-hybridized carbons (Fsp3) is 0.474. The van der Waals surface area contributed by atoms with Crippen LogP contribution in [-0.4, -0.2) is 35.8 Å². The molecular weight excluding hydrogens is 300 g/mol. The lowest BCUT2D eigenvalue weighted by Crippen LogP contribution is -2.39. The summed E-state index contributed by atoms with van der Waals surface area (Å²) in [7, 11) is 3.91. The maximum absolute atomic E-state index is 12.7. The molecular formula is C19H26N4O. The topological polar surface area (TPSA) is 50.2 Å². The summed E-state index contributed by atoms with van der Waals surface area (Å²) >= 11 is 0. The third-order valence-electron chi connectivity index (χ3n) is 4.59. The van der Waals surface area contributed by atoms with Crippen molar-refractivity contribution >= 4 is 11.6 Å². The molecule has 1 heterocycles. The average Bonchev–Trinajstić information content (AvgIpc) is 2.98. The Hall–Kier alpha value is -2.30. The van der Waals surface area contributed by atoms with E-state index in [-0.39, 0.29) is 11.9 Å². The number of hydrogen-bond donors (Lipinski definition) is 1. The smallest absolute Gasteiger partial charge is 0.253 e. The first-order valence-corrected chi connectivity index (χ1v) is 8.60. The highest BCUT2D eigenvalue weighted by molar-refractivity contribution is 5.99. The molecule has 1 amide bonds. The molecule has 0 bridgehead atoms. The van der Waals surface area contributed by atoms with Crippen LogP contribution in [-0.2, 0) is 12.8 Å². The maximum Gasteiger partial charge on any atom is 0.253 e. The van der Waals surface area contributed by atoms with E-state index >= 15 is 0 Å². The van der Waals surface area contributed by atoms with Gasteiger partial charge in [0.25, 0.3) is 5.91 Å². The molecule has 1 aromatic heterocycles. The van der Waals surface area contributed by atoms with Crippen LogP contribution < -0.4 is 10.2 Å². The molecule has 3 rings (SSSR count). The lowest BCUT2D eigenvalue weighted by Gasteiger charge is -2.24. The van der Waals surface area contributed by atoms with E-state index in [9.17, 15) is 4.79 Å². The third kappa shape index (κ3) is 3.30. The number of aromatic nitrogens is 2. The molecule has 24 heavy (non-hydrogen) atoms. The fourth-order valence-corrected chi connectivity index (χ4v) is 3.22. The van der Waals surface area contributed by atoms with Crippen molar-refractivity contribution in [2.45, 2.75) is 45.2 Å². The first-order valence-electron chi connectivity index (χ1n) is 8.60. The SMILES string of the molecule is CC(C)n1cc2c(n1)C[C@@H](NC(=O)c1ccccc1N(C)C)CC2. The lowest BCUT2D eigenvalue weighted by atomic mass is 9.93. The van der Waals surface area contributed by atoms with Crippen molar-refractivity contribution in [2.24, 2.45) is 0 Å². The van der Waals surface area contributed by atoms with Crippen LogP contribution in [0.15, 0.2) is 30.5 Å². The van der Waals surface area contributed by atoms with Gasteiger partial charge in [-0.2, -0.15) is 5.10 Å². The zero-order valence-corrected chi connectivity index (χ0v) is 14.9. The number of rotatable bonds is 4. The van der Waals surface area contributed by atoms with Crippen molar-refractivity contribution in [3.05, 3.63) is 47.3 Å². The minimum Gasteiger partial charge on any atom is -0.377 e. The Labute approximate surface area is 143 Å². The molecule has 1 N–H and O–H groups in total. The Morgan fingerprint density at radius 1 is 1.33 bits per heavy atom. The van der Waals surface area contributed by atoms with Crippen LogP contribution in [0.3, 0.4) is 0 Å². The highest BCUT2D eigenvalue weighted by Crippen LogP contribution is 2.23. The predicted molar refractivity (Wildman–Crippen MR) is 96.7 cm³/mol. The van der Waals surface area contributed by atoms with Crippen LogP contribution in [0.2, 0.25) is 0 Å². The number of nitrogens with one attached hydrogen (secondary N) is 1. The van der Waals surface area contributed by atoms with Gasteiger partial charge in [-0.25, -0.2) is 0 Å². The second kappa shape index (κ2) is 6.67. The van der Waals surface area contributed by atoms with E-state index in [0.717, 1.165) is 36.2 Å². The van der Waals surface area contributed by atoms with Crippen LogP contribution in [0.25, 0.3) is 0 Å². The monoisotopic (exact) mass is 326 g/mol. The molecule has 128 valence electrons. The van der Waals surface area contributed by atoms with E-state index in [0.29, 0.717) is 6.04 Å². The highest BCUT2D eigenvalue weighted by atomic mass is 16.1. The van der Waals surface area contributed by atoms with Gasteiger partial charge >= 0.3 is 0 Å². The average molecular weight is 326 g/mol. The number of fused-ring (bicyclic) bond motifs is 1. The van der Waals surface area contributed by atoms with Gasteiger partial charge in [-0.3, -0.25) is 9.48 Å². The van der Waals surface area contributed by atoms with Gasteiger partial charge in [0.1, 0.15) is 0 Å². The van der Waals surface area contributed by atoms with Gasteiger partial charge in [0.05, 0.1) is 11.3 Å². The molecule has 0 radical (unpaired) electrons. The van der Waals surface area contributed by atoms with Gasteiger partial charge in [0.15, 0.2) is 0 Å².